The molecular formula is C17H25NO. The van der Waals surface area contributed by atoms with Crippen molar-refractivity contribution in [3.63, 3.8) is 0 Å². The molecule has 0 saturated heterocycles. The number of hydrogen-bond donors (Lipinski definition) is 2. The van der Waals surface area contributed by atoms with Crippen LogP contribution in [0.1, 0.15) is 56.2 Å². The molecule has 1 aromatic carbocycles. The van der Waals surface area contributed by atoms with Gasteiger partial charge in [0, 0.05) is 6.04 Å². The smallest absolute Gasteiger partial charge is 0.115 e. The molecule has 2 nitrogen and oxygen atoms in total. The first-order valence-corrected chi connectivity index (χ1v) is 7.77. The molecule has 104 valence electrons. The third kappa shape index (κ3) is 2.94. The van der Waals surface area contributed by atoms with E-state index < -0.39 is 0 Å². The Bertz CT molecular complexity index is 443. The van der Waals surface area contributed by atoms with Crippen molar-refractivity contribution in [2.24, 2.45) is 11.8 Å². The van der Waals surface area contributed by atoms with Crippen molar-refractivity contribution in [1.82, 2.24) is 5.32 Å². The molecule has 2 aliphatic rings. The van der Waals surface area contributed by atoms with E-state index >= 15 is 0 Å². The van der Waals surface area contributed by atoms with Crippen molar-refractivity contribution < 1.29 is 5.11 Å². The van der Waals surface area contributed by atoms with Crippen molar-refractivity contribution >= 4 is 0 Å². The second-order valence-corrected chi connectivity index (χ2v) is 6.52. The lowest BCUT2D eigenvalue weighted by Crippen LogP contribution is -2.29. The van der Waals surface area contributed by atoms with E-state index in [1.807, 2.05) is 12.1 Å². The molecule has 0 spiro atoms. The van der Waals surface area contributed by atoms with Crippen LogP contribution < -0.4 is 5.32 Å². The monoisotopic (exact) mass is 259 g/mol. The number of rotatable bonds is 3. The molecule has 2 N–H and O–H groups in total. The number of fused-ring (bicyclic) bond motifs is 1. The van der Waals surface area contributed by atoms with Gasteiger partial charge in [0.1, 0.15) is 5.75 Å². The minimum atomic E-state index is 0.405. The van der Waals surface area contributed by atoms with Crippen LogP contribution in [0.15, 0.2) is 18.2 Å². The predicted octanol–water partition coefficient (Wildman–Crippen LogP) is 3.80. The van der Waals surface area contributed by atoms with Crippen LogP contribution >= 0.6 is 0 Å². The van der Waals surface area contributed by atoms with Crippen molar-refractivity contribution in [1.29, 1.82) is 0 Å². The summed E-state index contributed by atoms with van der Waals surface area (Å²) in [5.74, 6) is 2.18. The fourth-order valence-electron chi connectivity index (χ4n) is 3.82. The maximum Gasteiger partial charge on any atom is 0.115 e. The van der Waals surface area contributed by atoms with Crippen LogP contribution in [0.25, 0.3) is 0 Å². The molecule has 3 unspecified atom stereocenters. The van der Waals surface area contributed by atoms with Gasteiger partial charge >= 0.3 is 0 Å². The minimum Gasteiger partial charge on any atom is -0.508 e. The van der Waals surface area contributed by atoms with Crippen molar-refractivity contribution in [3.8, 4) is 5.75 Å². The fraction of sp³-hybridized carbons (Fsp3) is 0.647. The third-order valence-electron chi connectivity index (χ3n) is 4.90. The Hall–Kier alpha value is -1.02. The molecule has 1 saturated carbocycles. The van der Waals surface area contributed by atoms with Gasteiger partial charge in [-0.15, -0.1) is 0 Å². The Morgan fingerprint density at radius 3 is 2.95 bits per heavy atom. The van der Waals surface area contributed by atoms with Gasteiger partial charge in [0.15, 0.2) is 0 Å². The lowest BCUT2D eigenvalue weighted by atomic mass is 9.87. The van der Waals surface area contributed by atoms with Gasteiger partial charge in [0.2, 0.25) is 0 Å². The highest BCUT2D eigenvalue weighted by Crippen LogP contribution is 2.34. The van der Waals surface area contributed by atoms with E-state index in [0.29, 0.717) is 11.8 Å². The Labute approximate surface area is 116 Å². The molecule has 3 rings (SSSR count). The number of aromatic hydroxyl groups is 1. The summed E-state index contributed by atoms with van der Waals surface area (Å²) in [6.45, 7) is 3.51. The zero-order valence-electron chi connectivity index (χ0n) is 11.9. The maximum atomic E-state index is 9.69. The highest BCUT2D eigenvalue weighted by Gasteiger charge is 2.24. The summed E-state index contributed by atoms with van der Waals surface area (Å²) in [5.41, 5.74) is 2.75. The Morgan fingerprint density at radius 2 is 2.16 bits per heavy atom. The summed E-state index contributed by atoms with van der Waals surface area (Å²) in [5, 5.41) is 13.4. The second kappa shape index (κ2) is 5.54. The maximum absolute atomic E-state index is 9.69. The van der Waals surface area contributed by atoms with Gasteiger partial charge in [0.25, 0.3) is 0 Å². The Kier molecular flexibility index (Phi) is 3.79. The van der Waals surface area contributed by atoms with Gasteiger partial charge in [0.05, 0.1) is 0 Å². The molecule has 2 heteroatoms. The minimum absolute atomic E-state index is 0.405. The molecule has 0 radical (unpaired) electrons. The molecular weight excluding hydrogens is 234 g/mol. The molecule has 19 heavy (non-hydrogen) atoms. The second-order valence-electron chi connectivity index (χ2n) is 6.52. The van der Waals surface area contributed by atoms with Gasteiger partial charge in [-0.05, 0) is 73.7 Å². The van der Waals surface area contributed by atoms with E-state index in [1.54, 1.807) is 0 Å². The van der Waals surface area contributed by atoms with Crippen LogP contribution in [0.2, 0.25) is 0 Å². The van der Waals surface area contributed by atoms with Gasteiger partial charge in [-0.25, -0.2) is 0 Å². The lowest BCUT2D eigenvalue weighted by Gasteiger charge is -2.28. The third-order valence-corrected chi connectivity index (χ3v) is 4.90. The normalized spacial score (nSPS) is 30.3. The van der Waals surface area contributed by atoms with E-state index in [-0.39, 0.29) is 0 Å². The first kappa shape index (κ1) is 13.0. The van der Waals surface area contributed by atoms with E-state index in [0.717, 1.165) is 24.8 Å². The lowest BCUT2D eigenvalue weighted by molar-refractivity contribution is 0.395. The molecule has 2 aliphatic carbocycles. The van der Waals surface area contributed by atoms with E-state index in [1.165, 1.54) is 43.2 Å². The van der Waals surface area contributed by atoms with Crippen LogP contribution in [0.3, 0.4) is 0 Å². The Balaban J connectivity index is 1.64. The molecule has 1 fully saturated rings. The van der Waals surface area contributed by atoms with Crippen LogP contribution in [-0.2, 0) is 6.42 Å². The fourth-order valence-corrected chi connectivity index (χ4v) is 3.82. The van der Waals surface area contributed by atoms with Crippen molar-refractivity contribution in [3.05, 3.63) is 29.3 Å². The number of aryl methyl sites for hydroxylation is 1. The highest BCUT2D eigenvalue weighted by molar-refractivity contribution is 5.38. The molecule has 0 heterocycles. The van der Waals surface area contributed by atoms with Gasteiger partial charge < -0.3 is 10.4 Å². The number of hydrogen-bond acceptors (Lipinski definition) is 2. The standard InChI is InChI=1S/C17H25NO/c1-12-5-6-13(9-12)11-18-17-4-2-3-14-7-8-15(19)10-16(14)17/h7-8,10,12-13,17-19H,2-6,9,11H2,1H3. The topological polar surface area (TPSA) is 32.3 Å². The predicted molar refractivity (Wildman–Crippen MR) is 78.3 cm³/mol. The SMILES string of the molecule is CC1CCC(CNC2CCCc3ccc(O)cc32)C1. The number of phenolic OH excluding ortho intramolecular Hbond substituents is 1. The van der Waals surface area contributed by atoms with Crippen molar-refractivity contribution in [2.75, 3.05) is 6.54 Å². The highest BCUT2D eigenvalue weighted by atomic mass is 16.3. The first-order chi connectivity index (χ1) is 9.22. The summed E-state index contributed by atoms with van der Waals surface area (Å²) in [4.78, 5) is 0. The summed E-state index contributed by atoms with van der Waals surface area (Å²) in [7, 11) is 0. The molecule has 1 aromatic rings. The van der Waals surface area contributed by atoms with E-state index in [9.17, 15) is 5.11 Å². The molecule has 3 atom stereocenters. The quantitative estimate of drug-likeness (QED) is 0.865. The van der Waals surface area contributed by atoms with Crippen molar-refractivity contribution in [2.45, 2.75) is 51.5 Å². The number of nitrogens with one attached hydrogen (secondary N) is 1. The number of benzene rings is 1. The summed E-state index contributed by atoms with van der Waals surface area (Å²) in [6, 6.07) is 6.33. The molecule has 0 aromatic heterocycles. The zero-order valence-corrected chi connectivity index (χ0v) is 11.9. The number of phenols is 1. The van der Waals surface area contributed by atoms with Gasteiger partial charge in [-0.2, -0.15) is 0 Å². The Morgan fingerprint density at radius 1 is 1.26 bits per heavy atom. The van der Waals surface area contributed by atoms with Crippen LogP contribution in [0.4, 0.5) is 0 Å². The van der Waals surface area contributed by atoms with Crippen LogP contribution in [-0.4, -0.2) is 11.7 Å². The average molecular weight is 259 g/mol. The van der Waals surface area contributed by atoms with Gasteiger partial charge in [-0.3, -0.25) is 0 Å². The van der Waals surface area contributed by atoms with Crippen LogP contribution in [0.5, 0.6) is 5.75 Å². The first-order valence-electron chi connectivity index (χ1n) is 7.77. The van der Waals surface area contributed by atoms with E-state index in [2.05, 4.69) is 18.3 Å². The summed E-state index contributed by atoms with van der Waals surface area (Å²) >= 11 is 0. The molecule has 0 amide bonds. The average Bonchev–Trinajstić information content (AvgIpc) is 2.82. The van der Waals surface area contributed by atoms with Crippen LogP contribution in [0, 0.1) is 11.8 Å². The zero-order chi connectivity index (χ0) is 13.2. The largest absolute Gasteiger partial charge is 0.508 e. The van der Waals surface area contributed by atoms with Gasteiger partial charge in [-0.1, -0.05) is 19.4 Å². The molecule has 0 aliphatic heterocycles. The summed E-state index contributed by atoms with van der Waals surface area (Å²) in [6.07, 6.45) is 7.79. The molecule has 0 bridgehead atoms. The van der Waals surface area contributed by atoms with E-state index in [4.69, 9.17) is 0 Å². The summed E-state index contributed by atoms with van der Waals surface area (Å²) < 4.78 is 0.